The Labute approximate surface area is 146 Å². The van der Waals surface area contributed by atoms with E-state index in [0.29, 0.717) is 12.2 Å². The second kappa shape index (κ2) is 10.1. The van der Waals surface area contributed by atoms with E-state index in [1.54, 1.807) is 0 Å². The van der Waals surface area contributed by atoms with Crippen molar-refractivity contribution in [3.05, 3.63) is 30.1 Å². The van der Waals surface area contributed by atoms with E-state index in [0.717, 1.165) is 39.3 Å². The molecule has 1 amide bonds. The van der Waals surface area contributed by atoms with E-state index < -0.39 is 23.7 Å². The van der Waals surface area contributed by atoms with Crippen LogP contribution in [0, 0.1) is 5.82 Å². The zero-order valence-corrected chi connectivity index (χ0v) is 14.0. The molecule has 1 aromatic rings. The van der Waals surface area contributed by atoms with Gasteiger partial charge in [-0.15, -0.1) is 0 Å². The Morgan fingerprint density at radius 1 is 1.24 bits per heavy atom. The zero-order valence-electron chi connectivity index (χ0n) is 14.0. The fourth-order valence-corrected chi connectivity index (χ4v) is 2.58. The van der Waals surface area contributed by atoms with Crippen molar-refractivity contribution in [2.75, 3.05) is 44.7 Å². The molecule has 1 aliphatic rings. The van der Waals surface area contributed by atoms with Gasteiger partial charge in [0.15, 0.2) is 0 Å². The number of halogens is 1. The summed E-state index contributed by atoms with van der Waals surface area (Å²) in [5.41, 5.74) is 0.433. The Bertz CT molecular complexity index is 562. The van der Waals surface area contributed by atoms with Crippen LogP contribution in [0.1, 0.15) is 12.8 Å². The number of nitrogens with zero attached hydrogens (tertiary/aromatic N) is 1. The molecular formula is C17H24FN3O4. The van der Waals surface area contributed by atoms with E-state index >= 15 is 0 Å². The lowest BCUT2D eigenvalue weighted by atomic mass is 10.2. The molecule has 1 saturated heterocycles. The number of carboxylic acid groups (broad SMARTS) is 1. The molecule has 0 aromatic heterocycles. The molecule has 0 saturated carbocycles. The quantitative estimate of drug-likeness (QED) is 0.572. The van der Waals surface area contributed by atoms with Crippen molar-refractivity contribution < 1.29 is 23.8 Å². The topological polar surface area (TPSA) is 90.9 Å². The van der Waals surface area contributed by atoms with Crippen molar-refractivity contribution in [1.29, 1.82) is 0 Å². The fraction of sp³-hybridized carbons (Fsp3) is 0.529. The van der Waals surface area contributed by atoms with E-state index in [4.69, 9.17) is 4.74 Å². The number of carbonyl (C=O) groups is 2. The lowest BCUT2D eigenvalue weighted by molar-refractivity contribution is -0.141. The maximum Gasteiger partial charge on any atom is 0.321 e. The number of amides is 1. The smallest absolute Gasteiger partial charge is 0.321 e. The normalized spacial score (nSPS) is 16.4. The first-order valence-corrected chi connectivity index (χ1v) is 8.36. The second-order valence-electron chi connectivity index (χ2n) is 5.91. The average Bonchev–Trinajstić information content (AvgIpc) is 2.60. The highest BCUT2D eigenvalue weighted by molar-refractivity contribution is 5.94. The molecule has 1 heterocycles. The number of hydrogen-bond acceptors (Lipinski definition) is 5. The van der Waals surface area contributed by atoms with E-state index in [2.05, 4.69) is 15.5 Å². The molecule has 0 aliphatic carbocycles. The van der Waals surface area contributed by atoms with Gasteiger partial charge in [-0.25, -0.2) is 4.39 Å². The molecule has 7 nitrogen and oxygen atoms in total. The molecule has 25 heavy (non-hydrogen) atoms. The molecule has 0 spiro atoms. The summed E-state index contributed by atoms with van der Waals surface area (Å²) in [6.07, 6.45) is 0.605. The molecule has 8 heteroatoms. The molecule has 2 rings (SSSR count). The average molecular weight is 353 g/mol. The summed E-state index contributed by atoms with van der Waals surface area (Å²) in [5.74, 6) is -1.90. The highest BCUT2D eigenvalue weighted by Crippen LogP contribution is 2.09. The molecule has 3 N–H and O–H groups in total. The van der Waals surface area contributed by atoms with Crippen molar-refractivity contribution in [3.63, 3.8) is 0 Å². The van der Waals surface area contributed by atoms with E-state index in [1.165, 1.54) is 24.3 Å². The minimum atomic E-state index is -1.07. The summed E-state index contributed by atoms with van der Waals surface area (Å²) in [7, 11) is 0. The van der Waals surface area contributed by atoms with Crippen molar-refractivity contribution in [3.8, 4) is 0 Å². The van der Waals surface area contributed by atoms with Gasteiger partial charge in [-0.1, -0.05) is 0 Å². The number of carboxylic acids is 1. The van der Waals surface area contributed by atoms with Gasteiger partial charge in [-0.05, 0) is 43.8 Å². The van der Waals surface area contributed by atoms with Gasteiger partial charge in [0, 0.05) is 18.8 Å². The van der Waals surface area contributed by atoms with Crippen LogP contribution in [-0.2, 0) is 14.3 Å². The third-order valence-corrected chi connectivity index (χ3v) is 3.96. The number of morpholine rings is 1. The third kappa shape index (κ3) is 7.16. The van der Waals surface area contributed by atoms with Gasteiger partial charge >= 0.3 is 5.97 Å². The monoisotopic (exact) mass is 353 g/mol. The van der Waals surface area contributed by atoms with E-state index in [9.17, 15) is 19.1 Å². The summed E-state index contributed by atoms with van der Waals surface area (Å²) < 4.78 is 18.1. The van der Waals surface area contributed by atoms with Crippen LogP contribution in [0.5, 0.6) is 0 Å². The SMILES string of the molecule is O=C(C[C@H](NCCCN1CCOCC1)C(=O)O)Nc1ccc(F)cc1. The summed E-state index contributed by atoms with van der Waals surface area (Å²) >= 11 is 0. The van der Waals surface area contributed by atoms with Gasteiger partial charge in [-0.3, -0.25) is 14.5 Å². The number of aliphatic carboxylic acids is 1. The highest BCUT2D eigenvalue weighted by atomic mass is 19.1. The summed E-state index contributed by atoms with van der Waals surface area (Å²) in [6, 6.07) is 4.37. The van der Waals surface area contributed by atoms with Gasteiger partial charge in [0.1, 0.15) is 11.9 Å². The largest absolute Gasteiger partial charge is 0.480 e. The predicted octanol–water partition coefficient (Wildman–Crippen LogP) is 0.919. The van der Waals surface area contributed by atoms with Crippen LogP contribution in [0.15, 0.2) is 24.3 Å². The van der Waals surface area contributed by atoms with E-state index in [1.807, 2.05) is 0 Å². The van der Waals surface area contributed by atoms with Gasteiger partial charge in [0.05, 0.1) is 19.6 Å². The van der Waals surface area contributed by atoms with Crippen LogP contribution < -0.4 is 10.6 Å². The number of rotatable bonds is 9. The van der Waals surface area contributed by atoms with Gasteiger partial charge < -0.3 is 20.5 Å². The lowest BCUT2D eigenvalue weighted by Gasteiger charge is -2.26. The number of carbonyl (C=O) groups excluding carboxylic acids is 1. The zero-order chi connectivity index (χ0) is 18.1. The first kappa shape index (κ1) is 19.3. The van der Waals surface area contributed by atoms with E-state index in [-0.39, 0.29) is 6.42 Å². The molecule has 1 aromatic carbocycles. The first-order valence-electron chi connectivity index (χ1n) is 8.36. The molecule has 0 radical (unpaired) electrons. The summed E-state index contributed by atoms with van der Waals surface area (Å²) in [4.78, 5) is 25.5. The van der Waals surface area contributed by atoms with Crippen LogP contribution in [0.2, 0.25) is 0 Å². The Kier molecular flexibility index (Phi) is 7.77. The lowest BCUT2D eigenvalue weighted by Crippen LogP contribution is -2.42. The predicted molar refractivity (Wildman–Crippen MR) is 90.9 cm³/mol. The minimum absolute atomic E-state index is 0.190. The van der Waals surface area contributed by atoms with Crippen molar-refractivity contribution >= 4 is 17.6 Å². The van der Waals surface area contributed by atoms with Crippen LogP contribution >= 0.6 is 0 Å². The Balaban J connectivity index is 1.70. The molecular weight excluding hydrogens is 329 g/mol. The number of nitrogens with one attached hydrogen (secondary N) is 2. The van der Waals surface area contributed by atoms with Crippen LogP contribution in [-0.4, -0.2) is 67.3 Å². The Morgan fingerprint density at radius 3 is 2.56 bits per heavy atom. The van der Waals surface area contributed by atoms with Crippen molar-refractivity contribution in [2.24, 2.45) is 0 Å². The molecule has 1 atom stereocenters. The molecule has 0 bridgehead atoms. The van der Waals surface area contributed by atoms with Crippen LogP contribution in [0.25, 0.3) is 0 Å². The number of hydrogen-bond donors (Lipinski definition) is 3. The molecule has 1 aliphatic heterocycles. The Morgan fingerprint density at radius 2 is 1.92 bits per heavy atom. The number of anilines is 1. The van der Waals surface area contributed by atoms with Crippen LogP contribution in [0.3, 0.4) is 0 Å². The van der Waals surface area contributed by atoms with Crippen molar-refractivity contribution in [1.82, 2.24) is 10.2 Å². The van der Waals surface area contributed by atoms with Gasteiger partial charge in [-0.2, -0.15) is 0 Å². The summed E-state index contributed by atoms with van der Waals surface area (Å²) in [6.45, 7) is 4.62. The standard InChI is InChI=1S/C17H24FN3O4/c18-13-2-4-14(5-3-13)20-16(22)12-15(17(23)24)19-6-1-7-21-8-10-25-11-9-21/h2-5,15,19H,1,6-12H2,(H,20,22)(H,23,24)/t15-/m0/s1. The highest BCUT2D eigenvalue weighted by Gasteiger charge is 2.20. The van der Waals surface area contributed by atoms with Gasteiger partial charge in [0.2, 0.25) is 5.91 Å². The second-order valence-corrected chi connectivity index (χ2v) is 5.91. The maximum absolute atomic E-state index is 12.8. The number of benzene rings is 1. The van der Waals surface area contributed by atoms with Gasteiger partial charge in [0.25, 0.3) is 0 Å². The molecule has 0 unspecified atom stereocenters. The van der Waals surface area contributed by atoms with Crippen molar-refractivity contribution in [2.45, 2.75) is 18.9 Å². The molecule has 138 valence electrons. The molecule has 1 fully saturated rings. The minimum Gasteiger partial charge on any atom is -0.480 e. The number of ether oxygens (including phenoxy) is 1. The third-order valence-electron chi connectivity index (χ3n) is 3.96. The Hall–Kier alpha value is -2.03. The van der Waals surface area contributed by atoms with Crippen LogP contribution in [0.4, 0.5) is 10.1 Å². The maximum atomic E-state index is 12.8. The first-order chi connectivity index (χ1) is 12.0. The fourth-order valence-electron chi connectivity index (χ4n) is 2.58. The summed E-state index contributed by atoms with van der Waals surface area (Å²) in [5, 5.41) is 14.7.